The second-order valence-corrected chi connectivity index (χ2v) is 8.21. The van der Waals surface area contributed by atoms with Crippen LogP contribution in [0.5, 0.6) is 0 Å². The Kier molecular flexibility index (Phi) is 8.57. The minimum absolute atomic E-state index is 0.183. The van der Waals surface area contributed by atoms with Gasteiger partial charge in [0.05, 0.1) is 18.3 Å². The van der Waals surface area contributed by atoms with Crippen LogP contribution in [0, 0.1) is 0 Å². The molecule has 0 unspecified atom stereocenters. The Hall–Kier alpha value is -3.37. The highest BCUT2D eigenvalue weighted by molar-refractivity contribution is 5.93. The van der Waals surface area contributed by atoms with Crippen molar-refractivity contribution >= 4 is 18.2 Å². The van der Waals surface area contributed by atoms with Crippen molar-refractivity contribution in [3.05, 3.63) is 36.9 Å². The highest BCUT2D eigenvalue weighted by Crippen LogP contribution is 2.18. The molecule has 0 fully saturated rings. The van der Waals surface area contributed by atoms with E-state index in [0.29, 0.717) is 10.6 Å². The molecule has 1 atom stereocenters. The number of imidazole rings is 2. The average Bonchev–Trinajstić information content (AvgIpc) is 3.27. The second kappa shape index (κ2) is 10.4. The molecule has 11 heteroatoms. The van der Waals surface area contributed by atoms with E-state index in [-0.39, 0.29) is 6.42 Å². The van der Waals surface area contributed by atoms with Crippen LogP contribution in [0.15, 0.2) is 31.2 Å². The van der Waals surface area contributed by atoms with Gasteiger partial charge >= 0.3 is 18.2 Å². The van der Waals surface area contributed by atoms with Crippen LogP contribution >= 0.6 is 0 Å². The van der Waals surface area contributed by atoms with Gasteiger partial charge in [0, 0.05) is 25.0 Å². The van der Waals surface area contributed by atoms with Crippen LogP contribution < -0.4 is 0 Å². The molecule has 0 radical (unpaired) electrons. The Morgan fingerprint density at radius 1 is 1.03 bits per heavy atom. The predicted octanol–water partition coefficient (Wildman–Crippen LogP) is 2.99. The summed E-state index contributed by atoms with van der Waals surface area (Å²) in [5.74, 6) is -1.38. The van der Waals surface area contributed by atoms with Crippen LogP contribution in [-0.2, 0) is 20.7 Å². The lowest BCUT2D eigenvalue weighted by Crippen LogP contribution is -2.52. The number of aromatic amines is 2. The number of nitrogens with one attached hydrogen (secondary N) is 2. The smallest absolute Gasteiger partial charge is 0.420 e. The normalized spacial score (nSPS) is 12.2. The van der Waals surface area contributed by atoms with Crippen LogP contribution in [0.1, 0.15) is 47.2 Å². The van der Waals surface area contributed by atoms with Crippen molar-refractivity contribution in [2.75, 3.05) is 0 Å². The van der Waals surface area contributed by atoms with Gasteiger partial charge in [0.15, 0.2) is 0 Å². The first-order chi connectivity index (χ1) is 13.8. The fourth-order valence-corrected chi connectivity index (χ4v) is 2.06. The summed E-state index contributed by atoms with van der Waals surface area (Å²) < 4.78 is 10.4. The largest absolute Gasteiger partial charge is 0.480 e. The van der Waals surface area contributed by atoms with Gasteiger partial charge in [-0.05, 0) is 41.5 Å². The van der Waals surface area contributed by atoms with Crippen LogP contribution in [0.4, 0.5) is 9.59 Å². The highest BCUT2D eigenvalue weighted by Gasteiger charge is 2.40. The van der Waals surface area contributed by atoms with E-state index in [4.69, 9.17) is 9.47 Å². The first-order valence-electron chi connectivity index (χ1n) is 9.18. The number of hydrogen-bond donors (Lipinski definition) is 3. The lowest BCUT2D eigenvalue weighted by Gasteiger charge is -2.31. The zero-order chi connectivity index (χ0) is 22.9. The molecule has 2 rings (SSSR count). The fraction of sp³-hybridized carbons (Fsp3) is 0.526. The van der Waals surface area contributed by atoms with Gasteiger partial charge in [-0.25, -0.2) is 24.4 Å². The maximum absolute atomic E-state index is 12.5. The van der Waals surface area contributed by atoms with Crippen LogP contribution in [-0.4, -0.2) is 65.3 Å². The molecule has 11 nitrogen and oxygen atoms in total. The average molecular weight is 423 g/mol. The maximum atomic E-state index is 12.5. The van der Waals surface area contributed by atoms with Crippen molar-refractivity contribution < 1.29 is 29.0 Å². The quantitative estimate of drug-likeness (QED) is 0.679. The Morgan fingerprint density at radius 3 is 1.90 bits per heavy atom. The van der Waals surface area contributed by atoms with E-state index in [1.165, 1.54) is 12.5 Å². The number of H-pyrrole nitrogens is 2. The topological polar surface area (TPSA) is 150 Å². The Labute approximate surface area is 174 Å². The minimum Gasteiger partial charge on any atom is -0.480 e. The summed E-state index contributed by atoms with van der Waals surface area (Å²) in [6.07, 6.45) is 5.57. The van der Waals surface area contributed by atoms with E-state index in [1.54, 1.807) is 60.3 Å². The molecule has 2 amide bonds. The van der Waals surface area contributed by atoms with Crippen molar-refractivity contribution in [1.82, 2.24) is 24.8 Å². The Balaban J connectivity index is 0.000000780. The summed E-state index contributed by atoms with van der Waals surface area (Å²) in [4.78, 5) is 50.2. The zero-order valence-corrected chi connectivity index (χ0v) is 18.0. The van der Waals surface area contributed by atoms with Crippen LogP contribution in [0.3, 0.4) is 0 Å². The number of rotatable bonds is 4. The molecule has 0 aliphatic carbocycles. The summed E-state index contributed by atoms with van der Waals surface area (Å²) in [6.45, 7) is 9.68. The molecule has 2 aromatic heterocycles. The lowest BCUT2D eigenvalue weighted by molar-refractivity contribution is -0.143. The molecule has 3 N–H and O–H groups in total. The van der Waals surface area contributed by atoms with E-state index in [2.05, 4.69) is 19.9 Å². The predicted molar refractivity (Wildman–Crippen MR) is 107 cm³/mol. The number of hydrogen-bond acceptors (Lipinski definition) is 7. The minimum atomic E-state index is -1.52. The number of nitrogens with zero attached hydrogens (tertiary/aromatic N) is 3. The lowest BCUT2D eigenvalue weighted by atomic mass is 10.1. The van der Waals surface area contributed by atoms with E-state index in [1.807, 2.05) is 0 Å². The number of imide groups is 1. The van der Waals surface area contributed by atoms with E-state index >= 15 is 0 Å². The third-order valence-electron chi connectivity index (χ3n) is 3.14. The zero-order valence-electron chi connectivity index (χ0n) is 18.0. The Bertz CT molecular complexity index is 745. The number of aliphatic carboxylic acids is 1. The molecule has 0 aliphatic rings. The molecular weight excluding hydrogens is 394 g/mol. The van der Waals surface area contributed by atoms with Gasteiger partial charge in [0.1, 0.15) is 17.2 Å². The molecule has 0 saturated heterocycles. The maximum Gasteiger partial charge on any atom is 0.420 e. The number of aromatic nitrogens is 4. The molecular formula is C19H29N5O6. The molecule has 2 aromatic rings. The van der Waals surface area contributed by atoms with Gasteiger partial charge in [-0.2, -0.15) is 4.90 Å². The monoisotopic (exact) mass is 423 g/mol. The number of ether oxygens (including phenoxy) is 2. The van der Waals surface area contributed by atoms with E-state index in [9.17, 15) is 19.5 Å². The number of carbonyl (C=O) groups is 3. The number of carboxylic acids is 1. The summed E-state index contributed by atoms with van der Waals surface area (Å²) in [7, 11) is 0. The van der Waals surface area contributed by atoms with Gasteiger partial charge in [-0.15, -0.1) is 0 Å². The van der Waals surface area contributed by atoms with Gasteiger partial charge in [-0.1, -0.05) is 0 Å². The summed E-state index contributed by atoms with van der Waals surface area (Å²) in [6, 6.07) is -1.52. The molecule has 30 heavy (non-hydrogen) atoms. The van der Waals surface area contributed by atoms with Crippen molar-refractivity contribution in [1.29, 1.82) is 0 Å². The van der Waals surface area contributed by atoms with Gasteiger partial charge < -0.3 is 24.5 Å². The number of carboxylic acid groups (broad SMARTS) is 1. The number of amides is 2. The molecule has 0 aliphatic heterocycles. The third kappa shape index (κ3) is 9.22. The van der Waals surface area contributed by atoms with Crippen LogP contribution in [0.25, 0.3) is 0 Å². The van der Waals surface area contributed by atoms with Crippen molar-refractivity contribution in [2.45, 2.75) is 65.2 Å². The Morgan fingerprint density at radius 2 is 1.60 bits per heavy atom. The van der Waals surface area contributed by atoms with Crippen molar-refractivity contribution in [2.24, 2.45) is 0 Å². The summed E-state index contributed by atoms with van der Waals surface area (Å²) >= 11 is 0. The van der Waals surface area contributed by atoms with Gasteiger partial charge in [0.25, 0.3) is 0 Å². The molecule has 0 saturated carbocycles. The van der Waals surface area contributed by atoms with Gasteiger partial charge in [0.2, 0.25) is 0 Å². The molecule has 0 aromatic carbocycles. The molecule has 166 valence electrons. The fourth-order valence-electron chi connectivity index (χ4n) is 2.06. The van der Waals surface area contributed by atoms with E-state index in [0.717, 1.165) is 0 Å². The number of carbonyl (C=O) groups excluding carboxylic acids is 2. The first kappa shape index (κ1) is 24.7. The second-order valence-electron chi connectivity index (χ2n) is 8.21. The molecule has 0 spiro atoms. The SMILES string of the molecule is CC(C)(C)OC(=O)N(C(=O)OC(C)(C)C)[C@H](Cc1c[nH]cn1)C(=O)O.c1c[nH]cn1. The van der Waals surface area contributed by atoms with Crippen LogP contribution in [0.2, 0.25) is 0 Å². The summed E-state index contributed by atoms with van der Waals surface area (Å²) in [5.41, 5.74) is -1.44. The van der Waals surface area contributed by atoms with Crippen molar-refractivity contribution in [3.63, 3.8) is 0 Å². The highest BCUT2D eigenvalue weighted by atomic mass is 16.6. The van der Waals surface area contributed by atoms with Gasteiger partial charge in [-0.3, -0.25) is 0 Å². The van der Waals surface area contributed by atoms with Crippen molar-refractivity contribution in [3.8, 4) is 0 Å². The standard InChI is InChI=1S/C16H25N3O6.C3H4N2/c1-15(2,3)24-13(22)19(14(23)25-16(4,5)6)11(12(20)21)7-10-8-17-9-18-10;1-2-5-3-4-1/h8-9,11H,7H2,1-6H3,(H,17,18)(H,20,21);1-3H,(H,4,5)/t11-;/m1./s1. The third-order valence-corrected chi connectivity index (χ3v) is 3.14. The molecule has 0 bridgehead atoms. The molecule has 2 heterocycles. The summed E-state index contributed by atoms with van der Waals surface area (Å²) in [5, 5.41) is 9.54. The first-order valence-corrected chi connectivity index (χ1v) is 9.18. The van der Waals surface area contributed by atoms with E-state index < -0.39 is 35.4 Å².